The Labute approximate surface area is 114 Å². The largest absolute Gasteiger partial charge is 0.493 e. The van der Waals surface area contributed by atoms with E-state index in [9.17, 15) is 9.90 Å². The Hall–Kier alpha value is -2.69. The van der Waals surface area contributed by atoms with Crippen LogP contribution in [0.4, 0.5) is 0 Å². The summed E-state index contributed by atoms with van der Waals surface area (Å²) in [5, 5.41) is 11.6. The van der Waals surface area contributed by atoms with Crippen molar-refractivity contribution in [3.63, 3.8) is 0 Å². The number of hydrogen-bond acceptors (Lipinski definition) is 4. The number of aromatic nitrogens is 1. The minimum atomic E-state index is -0.701. The van der Waals surface area contributed by atoms with E-state index in [0.29, 0.717) is 17.9 Å². The number of aromatic amines is 1. The van der Waals surface area contributed by atoms with Gasteiger partial charge in [-0.05, 0) is 23.8 Å². The second kappa shape index (κ2) is 4.77. The van der Waals surface area contributed by atoms with Crippen LogP contribution in [0.3, 0.4) is 0 Å². The molecule has 1 heterocycles. The average molecular weight is 271 g/mol. The van der Waals surface area contributed by atoms with Crippen molar-refractivity contribution in [2.45, 2.75) is 6.92 Å². The molecule has 5 heteroatoms. The van der Waals surface area contributed by atoms with E-state index in [1.165, 1.54) is 0 Å². The molecular formula is C15H13NO4. The Bertz CT molecular complexity index is 816. The molecule has 102 valence electrons. The quantitative estimate of drug-likeness (QED) is 0.768. The fourth-order valence-corrected chi connectivity index (χ4v) is 2.25. The zero-order valence-corrected chi connectivity index (χ0v) is 10.8. The van der Waals surface area contributed by atoms with Crippen molar-refractivity contribution < 1.29 is 14.3 Å². The smallest absolute Gasteiger partial charge is 0.419 e. The summed E-state index contributed by atoms with van der Waals surface area (Å²) in [5.74, 6) is -0.348. The Morgan fingerprint density at radius 2 is 2.05 bits per heavy atom. The first-order chi connectivity index (χ1) is 9.70. The molecule has 0 spiro atoms. The third-order valence-electron chi connectivity index (χ3n) is 3.05. The van der Waals surface area contributed by atoms with E-state index in [-0.39, 0.29) is 11.6 Å². The Morgan fingerprint density at radius 1 is 1.25 bits per heavy atom. The van der Waals surface area contributed by atoms with Crippen molar-refractivity contribution in [2.24, 2.45) is 0 Å². The molecule has 0 unspecified atom stereocenters. The van der Waals surface area contributed by atoms with Gasteiger partial charge in [-0.25, -0.2) is 4.79 Å². The summed E-state index contributed by atoms with van der Waals surface area (Å²) >= 11 is 0. The highest BCUT2D eigenvalue weighted by atomic mass is 16.5. The molecule has 0 saturated carbocycles. The molecule has 0 bridgehead atoms. The van der Waals surface area contributed by atoms with Crippen LogP contribution in [-0.4, -0.2) is 16.7 Å². The third-order valence-corrected chi connectivity index (χ3v) is 3.05. The van der Waals surface area contributed by atoms with E-state index >= 15 is 0 Å². The van der Waals surface area contributed by atoms with Crippen LogP contribution in [-0.2, 0) is 0 Å². The van der Waals surface area contributed by atoms with E-state index in [0.717, 1.165) is 10.8 Å². The van der Waals surface area contributed by atoms with Gasteiger partial charge >= 0.3 is 5.76 Å². The molecular weight excluding hydrogens is 258 g/mol. The first kappa shape index (κ1) is 12.3. The number of aromatic hydroxyl groups is 1. The lowest BCUT2D eigenvalue weighted by Gasteiger charge is -2.11. The number of hydrogen-bond donors (Lipinski definition) is 2. The van der Waals surface area contributed by atoms with Crippen LogP contribution in [0.2, 0.25) is 0 Å². The molecule has 0 fully saturated rings. The lowest BCUT2D eigenvalue weighted by atomic mass is 10.0. The standard InChI is InChI=1S/C15H13NO4/c1-2-19-11-8-7-9-5-3-4-6-10(9)12(11)13-14(17)16-15(18)20-13/h3-8,17H,2H2,1H3,(H,16,18). The van der Waals surface area contributed by atoms with Crippen LogP contribution in [0.25, 0.3) is 22.1 Å². The van der Waals surface area contributed by atoms with Crippen molar-refractivity contribution in [3.8, 4) is 23.0 Å². The van der Waals surface area contributed by atoms with Gasteiger partial charge in [-0.3, -0.25) is 4.98 Å². The molecule has 20 heavy (non-hydrogen) atoms. The predicted molar refractivity (Wildman–Crippen MR) is 75.1 cm³/mol. The molecule has 3 rings (SSSR count). The SMILES string of the molecule is CCOc1ccc2ccccc2c1-c1oc(=O)[nH]c1O. The number of H-pyrrole nitrogens is 1. The van der Waals surface area contributed by atoms with Gasteiger partial charge in [0.2, 0.25) is 11.6 Å². The minimum Gasteiger partial charge on any atom is -0.493 e. The third kappa shape index (κ3) is 1.93. The maximum atomic E-state index is 11.3. The molecule has 0 aliphatic heterocycles. The second-order valence-corrected chi connectivity index (χ2v) is 4.29. The first-order valence-electron chi connectivity index (χ1n) is 6.27. The molecule has 0 aliphatic rings. The number of rotatable bonds is 3. The summed E-state index contributed by atoms with van der Waals surface area (Å²) in [7, 11) is 0. The van der Waals surface area contributed by atoms with E-state index in [1.54, 1.807) is 6.07 Å². The summed E-state index contributed by atoms with van der Waals surface area (Å²) in [4.78, 5) is 13.5. The fraction of sp³-hybridized carbons (Fsp3) is 0.133. The lowest BCUT2D eigenvalue weighted by Crippen LogP contribution is -1.95. The van der Waals surface area contributed by atoms with Crippen molar-refractivity contribution in [1.29, 1.82) is 0 Å². The van der Waals surface area contributed by atoms with Crippen LogP contribution in [0.15, 0.2) is 45.6 Å². The normalized spacial score (nSPS) is 10.8. The average Bonchev–Trinajstić information content (AvgIpc) is 2.77. The highest BCUT2D eigenvalue weighted by molar-refractivity contribution is 5.99. The number of ether oxygens (including phenoxy) is 1. The van der Waals surface area contributed by atoms with Crippen molar-refractivity contribution in [3.05, 3.63) is 46.9 Å². The summed E-state index contributed by atoms with van der Waals surface area (Å²) in [6.45, 7) is 2.34. The Kier molecular flexibility index (Phi) is 2.95. The number of oxazole rings is 1. The van der Waals surface area contributed by atoms with E-state index in [2.05, 4.69) is 4.98 Å². The molecule has 0 amide bonds. The van der Waals surface area contributed by atoms with Crippen LogP contribution in [0.5, 0.6) is 11.6 Å². The van der Waals surface area contributed by atoms with Crippen LogP contribution in [0, 0.1) is 0 Å². The first-order valence-corrected chi connectivity index (χ1v) is 6.27. The maximum Gasteiger partial charge on any atom is 0.419 e. The lowest BCUT2D eigenvalue weighted by molar-refractivity contribution is 0.340. The summed E-state index contributed by atoms with van der Waals surface area (Å²) in [6, 6.07) is 11.3. The van der Waals surface area contributed by atoms with Crippen LogP contribution >= 0.6 is 0 Å². The van der Waals surface area contributed by atoms with Crippen molar-refractivity contribution in [2.75, 3.05) is 6.61 Å². The highest BCUT2D eigenvalue weighted by Gasteiger charge is 2.19. The molecule has 2 aromatic carbocycles. The van der Waals surface area contributed by atoms with Gasteiger partial charge in [0.1, 0.15) is 5.75 Å². The zero-order valence-electron chi connectivity index (χ0n) is 10.8. The number of fused-ring (bicyclic) bond motifs is 1. The van der Waals surface area contributed by atoms with E-state index in [1.807, 2.05) is 37.3 Å². The van der Waals surface area contributed by atoms with Gasteiger partial charge in [0.15, 0.2) is 0 Å². The van der Waals surface area contributed by atoms with Gasteiger partial charge in [0, 0.05) is 0 Å². The molecule has 1 aromatic heterocycles. The van der Waals surface area contributed by atoms with Gasteiger partial charge < -0.3 is 14.3 Å². The van der Waals surface area contributed by atoms with Gasteiger partial charge in [0.25, 0.3) is 0 Å². The molecule has 3 aromatic rings. The van der Waals surface area contributed by atoms with Gasteiger partial charge in [-0.15, -0.1) is 0 Å². The summed E-state index contributed by atoms with van der Waals surface area (Å²) in [6.07, 6.45) is 0. The van der Waals surface area contributed by atoms with Crippen LogP contribution in [0.1, 0.15) is 6.92 Å². The van der Waals surface area contributed by atoms with Gasteiger partial charge in [0.05, 0.1) is 12.2 Å². The van der Waals surface area contributed by atoms with Crippen LogP contribution < -0.4 is 10.5 Å². The predicted octanol–water partition coefficient (Wildman–Crippen LogP) is 2.89. The summed E-state index contributed by atoms with van der Waals surface area (Å²) < 4.78 is 10.6. The minimum absolute atomic E-state index is 0.0928. The molecule has 0 radical (unpaired) electrons. The van der Waals surface area contributed by atoms with E-state index in [4.69, 9.17) is 9.15 Å². The van der Waals surface area contributed by atoms with Gasteiger partial charge in [-0.1, -0.05) is 30.3 Å². The molecule has 0 saturated heterocycles. The van der Waals surface area contributed by atoms with Crippen molar-refractivity contribution >= 4 is 10.8 Å². The molecule has 5 nitrogen and oxygen atoms in total. The molecule has 0 atom stereocenters. The monoisotopic (exact) mass is 271 g/mol. The maximum absolute atomic E-state index is 11.3. The van der Waals surface area contributed by atoms with Gasteiger partial charge in [-0.2, -0.15) is 0 Å². The summed E-state index contributed by atoms with van der Waals surface area (Å²) in [5.41, 5.74) is 0.570. The number of nitrogens with one attached hydrogen (secondary N) is 1. The highest BCUT2D eigenvalue weighted by Crippen LogP contribution is 2.39. The Morgan fingerprint density at radius 3 is 2.75 bits per heavy atom. The molecule has 2 N–H and O–H groups in total. The molecule has 0 aliphatic carbocycles. The van der Waals surface area contributed by atoms with Crippen molar-refractivity contribution in [1.82, 2.24) is 4.98 Å². The number of benzene rings is 2. The fourth-order valence-electron chi connectivity index (χ4n) is 2.25. The topological polar surface area (TPSA) is 75.5 Å². The Balaban J connectivity index is 2.38. The van der Waals surface area contributed by atoms with E-state index < -0.39 is 5.76 Å². The second-order valence-electron chi connectivity index (χ2n) is 4.29. The zero-order chi connectivity index (χ0) is 14.1.